The van der Waals surface area contributed by atoms with Crippen molar-refractivity contribution < 1.29 is 27.1 Å². The Hall–Kier alpha value is -3.92. The number of sulfonamides is 1. The largest absolute Gasteiger partial charge is 0.497 e. The van der Waals surface area contributed by atoms with Crippen molar-refractivity contribution in [1.29, 1.82) is 0 Å². The lowest BCUT2D eigenvalue weighted by Crippen LogP contribution is -2.51. The summed E-state index contributed by atoms with van der Waals surface area (Å²) in [4.78, 5) is 28.2. The van der Waals surface area contributed by atoms with Gasteiger partial charge in [-0.1, -0.05) is 43.7 Å². The Labute approximate surface area is 235 Å². The minimum absolute atomic E-state index is 0.0142. The zero-order valence-electron chi connectivity index (χ0n) is 23.4. The highest BCUT2D eigenvalue weighted by atomic mass is 32.2. The smallest absolute Gasteiger partial charge is 0.264 e. The lowest BCUT2D eigenvalue weighted by atomic mass is 10.1. The third kappa shape index (κ3) is 7.81. The first kappa shape index (κ1) is 30.6. The fourth-order valence-electron chi connectivity index (χ4n) is 3.94. The zero-order chi connectivity index (χ0) is 29.4. The Kier molecular flexibility index (Phi) is 10.3. The molecule has 3 rings (SSSR count). The third-order valence-corrected chi connectivity index (χ3v) is 8.15. The van der Waals surface area contributed by atoms with E-state index < -0.39 is 34.3 Å². The second-order valence-electron chi connectivity index (χ2n) is 9.99. The van der Waals surface area contributed by atoms with E-state index in [2.05, 4.69) is 5.32 Å². The molecule has 0 aromatic heterocycles. The van der Waals surface area contributed by atoms with E-state index in [1.807, 2.05) is 20.8 Å². The topological polar surface area (TPSA) is 96.0 Å². The SMILES string of the molecule is COc1ccc(CN(C(=O)CN(c2ccc(F)cc2)S(=O)(=O)c2ccc(C)cc2)[C@@H](C)C(=O)NCC(C)C)cc1. The van der Waals surface area contributed by atoms with Crippen LogP contribution < -0.4 is 14.4 Å². The predicted octanol–water partition coefficient (Wildman–Crippen LogP) is 4.53. The Morgan fingerprint density at radius 1 is 0.925 bits per heavy atom. The van der Waals surface area contributed by atoms with E-state index in [0.29, 0.717) is 12.3 Å². The number of carbonyl (C=O) groups is 2. The van der Waals surface area contributed by atoms with Gasteiger partial charge in [0.15, 0.2) is 0 Å². The minimum atomic E-state index is -4.22. The summed E-state index contributed by atoms with van der Waals surface area (Å²) in [5.74, 6) is -0.654. The normalized spacial score (nSPS) is 12.1. The first-order valence-corrected chi connectivity index (χ1v) is 14.4. The van der Waals surface area contributed by atoms with Gasteiger partial charge in [0.1, 0.15) is 24.2 Å². The van der Waals surface area contributed by atoms with Gasteiger partial charge in [-0.15, -0.1) is 0 Å². The molecule has 1 atom stereocenters. The number of hydrogen-bond donors (Lipinski definition) is 1. The van der Waals surface area contributed by atoms with E-state index in [-0.39, 0.29) is 29.0 Å². The number of hydrogen-bond acceptors (Lipinski definition) is 5. The first-order chi connectivity index (χ1) is 18.9. The van der Waals surface area contributed by atoms with E-state index >= 15 is 0 Å². The third-order valence-electron chi connectivity index (χ3n) is 6.37. The number of amides is 2. The fourth-order valence-corrected chi connectivity index (χ4v) is 5.35. The number of carbonyl (C=O) groups excluding carboxylic acids is 2. The van der Waals surface area contributed by atoms with Crippen LogP contribution in [-0.2, 0) is 26.2 Å². The van der Waals surface area contributed by atoms with Crippen LogP contribution >= 0.6 is 0 Å². The molecule has 0 radical (unpaired) electrons. The Morgan fingerprint density at radius 3 is 2.08 bits per heavy atom. The van der Waals surface area contributed by atoms with Crippen LogP contribution in [-0.4, -0.2) is 51.4 Å². The Bertz CT molecular complexity index is 1390. The molecule has 0 aliphatic carbocycles. The summed E-state index contributed by atoms with van der Waals surface area (Å²) in [7, 11) is -2.67. The van der Waals surface area contributed by atoms with E-state index in [1.54, 1.807) is 50.4 Å². The maximum atomic E-state index is 13.9. The molecular weight excluding hydrogens is 533 g/mol. The van der Waals surface area contributed by atoms with E-state index in [4.69, 9.17) is 4.74 Å². The molecule has 40 heavy (non-hydrogen) atoms. The van der Waals surface area contributed by atoms with Gasteiger partial charge in [-0.3, -0.25) is 13.9 Å². The molecule has 3 aromatic carbocycles. The van der Waals surface area contributed by atoms with Crippen LogP contribution in [0.4, 0.5) is 10.1 Å². The van der Waals surface area contributed by atoms with Crippen LogP contribution in [0, 0.1) is 18.7 Å². The highest BCUT2D eigenvalue weighted by Crippen LogP contribution is 2.25. The van der Waals surface area contributed by atoms with Gasteiger partial charge < -0.3 is 15.0 Å². The Morgan fingerprint density at radius 2 is 1.52 bits per heavy atom. The molecule has 10 heteroatoms. The van der Waals surface area contributed by atoms with Crippen LogP contribution in [0.1, 0.15) is 31.9 Å². The maximum Gasteiger partial charge on any atom is 0.264 e. The van der Waals surface area contributed by atoms with Gasteiger partial charge in [0, 0.05) is 13.1 Å². The summed E-state index contributed by atoms with van der Waals surface area (Å²) in [6.07, 6.45) is 0. The van der Waals surface area contributed by atoms with Crippen LogP contribution in [0.2, 0.25) is 0 Å². The van der Waals surface area contributed by atoms with Crippen molar-refractivity contribution in [3.63, 3.8) is 0 Å². The molecule has 0 spiro atoms. The lowest BCUT2D eigenvalue weighted by Gasteiger charge is -2.32. The number of benzene rings is 3. The molecule has 0 saturated heterocycles. The quantitative estimate of drug-likeness (QED) is 0.346. The van der Waals surface area contributed by atoms with Crippen LogP contribution in [0.5, 0.6) is 5.75 Å². The fraction of sp³-hybridized carbons (Fsp3) is 0.333. The average Bonchev–Trinajstić information content (AvgIpc) is 2.93. The van der Waals surface area contributed by atoms with Gasteiger partial charge in [0.05, 0.1) is 17.7 Å². The number of nitrogens with zero attached hydrogens (tertiary/aromatic N) is 2. The molecular formula is C30H36FN3O5S. The van der Waals surface area contributed by atoms with E-state index in [1.165, 1.54) is 29.2 Å². The molecule has 3 aromatic rings. The monoisotopic (exact) mass is 569 g/mol. The van der Waals surface area contributed by atoms with E-state index in [9.17, 15) is 22.4 Å². The standard InChI is InChI=1S/C30H36FN3O5S/c1-21(2)18-32-30(36)23(4)33(19-24-8-14-27(39-5)15-9-24)29(35)20-34(26-12-10-25(31)11-13-26)40(37,38)28-16-6-22(3)7-17-28/h6-17,21,23H,18-20H2,1-5H3,(H,32,36)/t23-/m0/s1. The highest BCUT2D eigenvalue weighted by Gasteiger charge is 2.32. The number of anilines is 1. The summed E-state index contributed by atoms with van der Waals surface area (Å²) in [5, 5.41) is 2.85. The summed E-state index contributed by atoms with van der Waals surface area (Å²) in [5.41, 5.74) is 1.72. The molecule has 0 unspecified atom stereocenters. The number of rotatable bonds is 12. The molecule has 2 amide bonds. The van der Waals surface area contributed by atoms with Gasteiger partial charge >= 0.3 is 0 Å². The summed E-state index contributed by atoms with van der Waals surface area (Å²) in [6, 6.07) is 17.3. The number of halogens is 1. The molecule has 0 heterocycles. The van der Waals surface area contributed by atoms with Gasteiger partial charge in [-0.05, 0) is 73.9 Å². The van der Waals surface area contributed by atoms with Crippen molar-refractivity contribution in [3.8, 4) is 5.75 Å². The molecule has 1 N–H and O–H groups in total. The second kappa shape index (κ2) is 13.4. The molecule has 0 saturated carbocycles. The Balaban J connectivity index is 2.00. The minimum Gasteiger partial charge on any atom is -0.497 e. The summed E-state index contributed by atoms with van der Waals surface area (Å²) in [6.45, 7) is 7.25. The molecule has 0 fully saturated rings. The number of aryl methyl sites for hydroxylation is 1. The van der Waals surface area contributed by atoms with Crippen molar-refractivity contribution in [2.45, 2.75) is 45.2 Å². The van der Waals surface area contributed by atoms with Gasteiger partial charge in [0.25, 0.3) is 10.0 Å². The van der Waals surface area contributed by atoms with Crippen LogP contribution in [0.25, 0.3) is 0 Å². The van der Waals surface area contributed by atoms with Crippen molar-refractivity contribution in [1.82, 2.24) is 10.2 Å². The summed E-state index contributed by atoms with van der Waals surface area (Å²) >= 11 is 0. The molecule has 0 aliphatic heterocycles. The number of ether oxygens (including phenoxy) is 1. The average molecular weight is 570 g/mol. The van der Waals surface area contributed by atoms with Crippen molar-refractivity contribution in [2.24, 2.45) is 5.92 Å². The molecule has 0 bridgehead atoms. The second-order valence-corrected chi connectivity index (χ2v) is 11.8. The van der Waals surface area contributed by atoms with Crippen molar-refractivity contribution in [2.75, 3.05) is 24.5 Å². The maximum absolute atomic E-state index is 13.9. The van der Waals surface area contributed by atoms with Crippen molar-refractivity contribution >= 4 is 27.5 Å². The van der Waals surface area contributed by atoms with Crippen molar-refractivity contribution in [3.05, 3.63) is 89.7 Å². The molecule has 0 aliphatic rings. The van der Waals surface area contributed by atoms with Crippen LogP contribution in [0.3, 0.4) is 0 Å². The number of nitrogens with one attached hydrogen (secondary N) is 1. The molecule has 8 nitrogen and oxygen atoms in total. The molecule has 214 valence electrons. The first-order valence-electron chi connectivity index (χ1n) is 13.0. The predicted molar refractivity (Wildman–Crippen MR) is 153 cm³/mol. The van der Waals surface area contributed by atoms with Crippen LogP contribution in [0.15, 0.2) is 77.7 Å². The summed E-state index contributed by atoms with van der Waals surface area (Å²) < 4.78 is 47.4. The highest BCUT2D eigenvalue weighted by molar-refractivity contribution is 7.92. The van der Waals surface area contributed by atoms with E-state index in [0.717, 1.165) is 27.6 Å². The lowest BCUT2D eigenvalue weighted by molar-refractivity contribution is -0.139. The van der Waals surface area contributed by atoms with Gasteiger partial charge in [-0.25, -0.2) is 12.8 Å². The van der Waals surface area contributed by atoms with Gasteiger partial charge in [0.2, 0.25) is 11.8 Å². The van der Waals surface area contributed by atoms with Gasteiger partial charge in [-0.2, -0.15) is 0 Å². The number of methoxy groups -OCH3 is 1. The zero-order valence-corrected chi connectivity index (χ0v) is 24.2.